The summed E-state index contributed by atoms with van der Waals surface area (Å²) >= 11 is 0. The molecule has 0 bridgehead atoms. The molecular weight excluding hydrogens is 293 g/mol. The first kappa shape index (κ1) is 22.8. The predicted molar refractivity (Wildman–Crippen MR) is 77.3 cm³/mol. The first-order chi connectivity index (χ1) is 7.62. The Morgan fingerprint density at radius 1 is 0.706 bits per heavy atom. The first-order valence-electron chi connectivity index (χ1n) is 7.28. The zero-order chi connectivity index (χ0) is 12.8. The third-order valence-corrected chi connectivity index (χ3v) is 3.09. The fourth-order valence-corrected chi connectivity index (χ4v) is 1.39. The van der Waals surface area contributed by atoms with E-state index >= 15 is 0 Å². The summed E-state index contributed by atoms with van der Waals surface area (Å²) in [6.45, 7) is 16.8. The van der Waals surface area contributed by atoms with Crippen LogP contribution in [0, 0.1) is 25.7 Å². The van der Waals surface area contributed by atoms with Crippen LogP contribution >= 0.6 is 0 Å². The number of hydrogen-bond acceptors (Lipinski definition) is 0. The van der Waals surface area contributed by atoms with Crippen LogP contribution < -0.4 is 0 Å². The molecule has 0 N–H and O–H groups in total. The Balaban J connectivity index is -0.000000218. The van der Waals surface area contributed by atoms with Crippen molar-refractivity contribution in [2.45, 2.75) is 79.1 Å². The van der Waals surface area contributed by atoms with Crippen molar-refractivity contribution >= 4 is 0 Å². The van der Waals surface area contributed by atoms with Crippen LogP contribution in [0.15, 0.2) is 0 Å². The molecule has 0 aromatic carbocycles. The van der Waals surface area contributed by atoms with Gasteiger partial charge >= 0.3 is 19.5 Å². The van der Waals surface area contributed by atoms with Gasteiger partial charge in [0.1, 0.15) is 0 Å². The summed E-state index contributed by atoms with van der Waals surface area (Å²) in [5.74, 6) is 1.41. The minimum Gasteiger partial charge on any atom is -0.340 e. The first-order valence-corrected chi connectivity index (χ1v) is 7.28. The van der Waals surface area contributed by atoms with E-state index in [9.17, 15) is 0 Å². The van der Waals surface area contributed by atoms with Gasteiger partial charge in [0, 0.05) is 0 Å². The molecule has 0 saturated heterocycles. The normalized spacial score (nSPS) is 13.1. The topological polar surface area (TPSA) is 0 Å². The van der Waals surface area contributed by atoms with Crippen molar-refractivity contribution in [3.8, 4) is 0 Å². The Morgan fingerprint density at radius 3 is 1.18 bits per heavy atom. The minimum absolute atomic E-state index is 0. The molecule has 17 heavy (non-hydrogen) atoms. The van der Waals surface area contributed by atoms with Crippen LogP contribution in [0.4, 0.5) is 0 Å². The molecule has 106 valence electrons. The summed E-state index contributed by atoms with van der Waals surface area (Å²) in [5.41, 5.74) is 0. The van der Waals surface area contributed by atoms with E-state index in [0.29, 0.717) is 11.8 Å². The van der Waals surface area contributed by atoms with E-state index in [4.69, 9.17) is 0 Å². The van der Waals surface area contributed by atoms with E-state index in [1.54, 1.807) is 0 Å². The third-order valence-electron chi connectivity index (χ3n) is 3.09. The second-order valence-corrected chi connectivity index (χ2v) is 4.83. The fourth-order valence-electron chi connectivity index (χ4n) is 1.39. The van der Waals surface area contributed by atoms with Crippen LogP contribution in [0.2, 0.25) is 0 Å². The molecule has 0 fully saturated rings. The van der Waals surface area contributed by atoms with E-state index in [0.717, 1.165) is 0 Å². The van der Waals surface area contributed by atoms with Gasteiger partial charge in [-0.25, -0.2) is 0 Å². The molecule has 2 atom stereocenters. The molecule has 0 heterocycles. The van der Waals surface area contributed by atoms with Gasteiger partial charge in [-0.1, -0.05) is 79.1 Å². The molecule has 0 aliphatic carbocycles. The number of hydrogen-bond donors (Lipinski definition) is 0. The van der Waals surface area contributed by atoms with Gasteiger partial charge in [-0.3, -0.25) is 0 Å². The molecule has 0 aliphatic rings. The number of unbranched alkanes of at least 4 members (excludes halogenated alkanes) is 2. The van der Waals surface area contributed by atoms with Crippen LogP contribution in [-0.2, 0) is 19.5 Å². The summed E-state index contributed by atoms with van der Waals surface area (Å²) in [6.07, 6.45) is 10.4. The monoisotopic (exact) mass is 328 g/mol. The Kier molecular flexibility index (Phi) is 25.4. The largest absolute Gasteiger partial charge is 2.00 e. The van der Waals surface area contributed by atoms with Gasteiger partial charge < -0.3 is 13.8 Å². The molecule has 0 aromatic heterocycles. The smallest absolute Gasteiger partial charge is 0.340 e. The summed E-state index contributed by atoms with van der Waals surface area (Å²) in [4.78, 5) is 0. The Labute approximate surface area is 124 Å². The van der Waals surface area contributed by atoms with E-state index in [1.165, 1.54) is 51.4 Å². The van der Waals surface area contributed by atoms with Gasteiger partial charge in [0.05, 0.1) is 0 Å². The maximum absolute atomic E-state index is 3.99. The van der Waals surface area contributed by atoms with E-state index in [2.05, 4.69) is 41.5 Å². The van der Waals surface area contributed by atoms with Crippen LogP contribution in [0.3, 0.4) is 0 Å². The average Bonchev–Trinajstić information content (AvgIpc) is 2.33. The van der Waals surface area contributed by atoms with Crippen LogP contribution in [-0.4, -0.2) is 0 Å². The van der Waals surface area contributed by atoms with Crippen molar-refractivity contribution < 1.29 is 19.5 Å². The second kappa shape index (κ2) is 19.0. The SMILES string of the molecule is [CH2-]C(CC)CCCC.[CH2-]C(CC)CCCC.[Ru+2]. The summed E-state index contributed by atoms with van der Waals surface area (Å²) < 4.78 is 0. The van der Waals surface area contributed by atoms with Crippen molar-refractivity contribution in [2.24, 2.45) is 11.8 Å². The molecule has 0 amide bonds. The molecule has 0 rings (SSSR count). The fraction of sp³-hybridized carbons (Fsp3) is 0.875. The molecule has 0 radical (unpaired) electrons. The van der Waals surface area contributed by atoms with Gasteiger partial charge in [0.2, 0.25) is 0 Å². The van der Waals surface area contributed by atoms with E-state index in [-0.39, 0.29) is 19.5 Å². The maximum atomic E-state index is 3.99. The zero-order valence-electron chi connectivity index (χ0n) is 12.6. The van der Waals surface area contributed by atoms with Crippen LogP contribution in [0.5, 0.6) is 0 Å². The maximum Gasteiger partial charge on any atom is 2.00 e. The molecule has 2 unspecified atom stereocenters. The molecule has 0 spiro atoms. The molecular formula is C16H34Ru. The Morgan fingerprint density at radius 2 is 1.00 bits per heavy atom. The average molecular weight is 328 g/mol. The molecule has 0 nitrogen and oxygen atoms in total. The number of rotatable bonds is 8. The minimum atomic E-state index is 0. The van der Waals surface area contributed by atoms with Crippen LogP contribution in [0.1, 0.15) is 79.1 Å². The second-order valence-electron chi connectivity index (χ2n) is 4.83. The third kappa shape index (κ3) is 22.3. The molecule has 1 heteroatoms. The van der Waals surface area contributed by atoms with Crippen molar-refractivity contribution in [3.63, 3.8) is 0 Å². The van der Waals surface area contributed by atoms with Gasteiger partial charge in [-0.15, -0.1) is 0 Å². The van der Waals surface area contributed by atoms with Crippen molar-refractivity contribution in [1.82, 2.24) is 0 Å². The van der Waals surface area contributed by atoms with E-state index in [1.807, 2.05) is 0 Å². The van der Waals surface area contributed by atoms with Gasteiger partial charge in [0.15, 0.2) is 0 Å². The van der Waals surface area contributed by atoms with Crippen LogP contribution in [0.25, 0.3) is 0 Å². The Bertz CT molecular complexity index is 98.1. The summed E-state index contributed by atoms with van der Waals surface area (Å²) in [6, 6.07) is 0. The predicted octanol–water partition coefficient (Wildman–Crippen LogP) is 6.07. The van der Waals surface area contributed by atoms with Gasteiger partial charge in [-0.05, 0) is 0 Å². The molecule has 0 aliphatic heterocycles. The Hall–Kier alpha value is 0.623. The van der Waals surface area contributed by atoms with Gasteiger partial charge in [0.25, 0.3) is 0 Å². The molecule has 0 aromatic rings. The zero-order valence-corrected chi connectivity index (χ0v) is 14.3. The molecule has 0 saturated carbocycles. The van der Waals surface area contributed by atoms with Crippen molar-refractivity contribution in [1.29, 1.82) is 0 Å². The van der Waals surface area contributed by atoms with Crippen molar-refractivity contribution in [2.75, 3.05) is 0 Å². The quantitative estimate of drug-likeness (QED) is 0.375. The summed E-state index contributed by atoms with van der Waals surface area (Å²) in [5, 5.41) is 0. The standard InChI is InChI=1S/2C8H17.Ru/c2*1-4-6-7-8(3)5-2;/h2*8H,3-7H2,1-2H3;/q2*-1;+2. The van der Waals surface area contributed by atoms with Crippen molar-refractivity contribution in [3.05, 3.63) is 13.8 Å². The summed E-state index contributed by atoms with van der Waals surface area (Å²) in [7, 11) is 0. The van der Waals surface area contributed by atoms with E-state index < -0.39 is 0 Å². The van der Waals surface area contributed by atoms with Gasteiger partial charge in [-0.2, -0.15) is 11.8 Å².